The molecule has 0 aliphatic heterocycles. The Hall–Kier alpha value is -2.56. The fourth-order valence-electron chi connectivity index (χ4n) is 1.89. The van der Waals surface area contributed by atoms with E-state index in [4.69, 9.17) is 4.42 Å². The molecule has 0 bridgehead atoms. The lowest BCUT2D eigenvalue weighted by atomic mass is 10.1. The van der Waals surface area contributed by atoms with Crippen molar-refractivity contribution in [3.63, 3.8) is 0 Å². The highest BCUT2D eigenvalue weighted by atomic mass is 16.3. The maximum Gasteiger partial charge on any atom is 0.262 e. The van der Waals surface area contributed by atoms with Gasteiger partial charge >= 0.3 is 0 Å². The smallest absolute Gasteiger partial charge is 0.262 e. The summed E-state index contributed by atoms with van der Waals surface area (Å²) in [5.74, 6) is 0.414. The number of nitrogens with one attached hydrogen (secondary N) is 2. The van der Waals surface area contributed by atoms with Crippen LogP contribution >= 0.6 is 0 Å². The third-order valence-corrected chi connectivity index (χ3v) is 2.99. The van der Waals surface area contributed by atoms with Crippen molar-refractivity contribution in [1.29, 1.82) is 0 Å². The number of anilines is 1. The van der Waals surface area contributed by atoms with Crippen LogP contribution in [-0.4, -0.2) is 18.2 Å². The predicted octanol–water partition coefficient (Wildman–Crippen LogP) is 2.93. The summed E-state index contributed by atoms with van der Waals surface area (Å²) in [6.07, 6.45) is 3.69. The molecular weight excluding hydrogens is 266 g/mol. The number of carbonyl (C=O) groups is 1. The van der Waals surface area contributed by atoms with E-state index < -0.39 is 0 Å². The van der Waals surface area contributed by atoms with E-state index >= 15 is 0 Å². The number of furan rings is 1. The summed E-state index contributed by atoms with van der Waals surface area (Å²) in [5.41, 5.74) is 4.58. The van der Waals surface area contributed by atoms with Crippen molar-refractivity contribution < 1.29 is 9.21 Å². The average molecular weight is 285 g/mol. The first-order valence-electron chi connectivity index (χ1n) is 6.88. The Morgan fingerprint density at radius 3 is 2.90 bits per heavy atom. The molecule has 0 radical (unpaired) electrons. The minimum atomic E-state index is -0.333. The third-order valence-electron chi connectivity index (χ3n) is 2.99. The van der Waals surface area contributed by atoms with Crippen molar-refractivity contribution in [2.45, 2.75) is 26.3 Å². The highest BCUT2D eigenvalue weighted by Gasteiger charge is 2.15. The molecule has 1 amide bonds. The molecule has 2 N–H and O–H groups in total. The number of nitrogens with zero attached hydrogens (tertiary/aromatic N) is 1. The summed E-state index contributed by atoms with van der Waals surface area (Å²) >= 11 is 0. The van der Waals surface area contributed by atoms with Crippen LogP contribution in [0.1, 0.15) is 24.7 Å². The van der Waals surface area contributed by atoms with E-state index in [1.807, 2.05) is 38.1 Å². The molecule has 21 heavy (non-hydrogen) atoms. The zero-order chi connectivity index (χ0) is 15.1. The van der Waals surface area contributed by atoms with E-state index in [9.17, 15) is 4.79 Å². The van der Waals surface area contributed by atoms with Crippen LogP contribution in [0.15, 0.2) is 52.2 Å². The fraction of sp³-hybridized carbons (Fsp3) is 0.250. The maximum absolute atomic E-state index is 12.1. The van der Waals surface area contributed by atoms with Gasteiger partial charge in [0.2, 0.25) is 0 Å². The summed E-state index contributed by atoms with van der Waals surface area (Å²) in [6, 6.07) is 11.1. The minimum Gasteiger partial charge on any atom is -0.463 e. The molecule has 2 aromatic rings. The normalized spacial score (nSPS) is 12.3. The molecule has 0 spiro atoms. The number of hydrogen-bond acceptors (Lipinski definition) is 4. The van der Waals surface area contributed by atoms with Gasteiger partial charge < -0.3 is 9.73 Å². The Bertz CT molecular complexity index is 606. The molecule has 1 heterocycles. The zero-order valence-electron chi connectivity index (χ0n) is 12.2. The van der Waals surface area contributed by atoms with Crippen molar-refractivity contribution in [2.75, 3.05) is 5.32 Å². The van der Waals surface area contributed by atoms with Gasteiger partial charge in [-0.05, 0) is 43.2 Å². The summed E-state index contributed by atoms with van der Waals surface area (Å²) in [5, 5.41) is 7.09. The van der Waals surface area contributed by atoms with Crippen LogP contribution in [0.25, 0.3) is 0 Å². The van der Waals surface area contributed by atoms with Crippen LogP contribution in [-0.2, 0) is 4.79 Å². The van der Waals surface area contributed by atoms with Crippen molar-refractivity contribution in [3.8, 4) is 0 Å². The van der Waals surface area contributed by atoms with Crippen LogP contribution in [0.2, 0.25) is 0 Å². The van der Waals surface area contributed by atoms with Gasteiger partial charge in [-0.1, -0.05) is 19.1 Å². The molecule has 0 saturated carbocycles. The molecular formula is C16H19N3O2. The molecule has 0 saturated heterocycles. The number of carbonyl (C=O) groups excluding carboxylic acids is 1. The second kappa shape index (κ2) is 7.28. The first-order chi connectivity index (χ1) is 10.2. The van der Waals surface area contributed by atoms with Crippen molar-refractivity contribution in [1.82, 2.24) is 5.43 Å². The highest BCUT2D eigenvalue weighted by molar-refractivity contribution is 5.86. The molecule has 1 aromatic heterocycles. The van der Waals surface area contributed by atoms with Crippen LogP contribution in [0, 0.1) is 6.92 Å². The van der Waals surface area contributed by atoms with Crippen LogP contribution < -0.4 is 10.7 Å². The average Bonchev–Trinajstić information content (AvgIpc) is 2.98. The van der Waals surface area contributed by atoms with Gasteiger partial charge in [0, 0.05) is 5.69 Å². The molecule has 0 aliphatic carbocycles. The van der Waals surface area contributed by atoms with Gasteiger partial charge in [0.05, 0.1) is 12.5 Å². The summed E-state index contributed by atoms with van der Waals surface area (Å²) < 4.78 is 5.09. The van der Waals surface area contributed by atoms with Gasteiger partial charge in [-0.2, -0.15) is 5.10 Å². The lowest BCUT2D eigenvalue weighted by Gasteiger charge is -2.16. The standard InChI is InChI=1S/C16H19N3O2/c1-3-15(18-13-7-4-6-12(2)10-13)16(20)19-17-11-14-8-5-9-21-14/h4-11,15,18H,3H2,1-2H3,(H,19,20). The second-order valence-electron chi connectivity index (χ2n) is 4.72. The Balaban J connectivity index is 1.92. The number of aryl methyl sites for hydroxylation is 1. The van der Waals surface area contributed by atoms with Gasteiger partial charge in [-0.15, -0.1) is 0 Å². The second-order valence-corrected chi connectivity index (χ2v) is 4.72. The Labute approximate surface area is 124 Å². The Kier molecular flexibility index (Phi) is 5.15. The van der Waals surface area contributed by atoms with Crippen LogP contribution in [0.3, 0.4) is 0 Å². The monoisotopic (exact) mass is 285 g/mol. The van der Waals surface area contributed by atoms with Gasteiger partial charge in [-0.25, -0.2) is 5.43 Å². The maximum atomic E-state index is 12.1. The number of benzene rings is 1. The molecule has 110 valence electrons. The van der Waals surface area contributed by atoms with E-state index in [1.165, 1.54) is 6.21 Å². The van der Waals surface area contributed by atoms with Gasteiger partial charge in [0.25, 0.3) is 5.91 Å². The molecule has 0 aliphatic rings. The largest absolute Gasteiger partial charge is 0.463 e. The zero-order valence-corrected chi connectivity index (χ0v) is 12.2. The predicted molar refractivity (Wildman–Crippen MR) is 83.3 cm³/mol. The first-order valence-corrected chi connectivity index (χ1v) is 6.88. The van der Waals surface area contributed by atoms with Gasteiger partial charge in [0.1, 0.15) is 11.8 Å². The van der Waals surface area contributed by atoms with E-state index in [-0.39, 0.29) is 11.9 Å². The fourth-order valence-corrected chi connectivity index (χ4v) is 1.89. The van der Waals surface area contributed by atoms with Crippen molar-refractivity contribution in [3.05, 3.63) is 54.0 Å². The molecule has 2 rings (SSSR count). The lowest BCUT2D eigenvalue weighted by molar-refractivity contribution is -0.121. The third kappa shape index (κ3) is 4.49. The Morgan fingerprint density at radius 1 is 1.38 bits per heavy atom. The van der Waals surface area contributed by atoms with E-state index in [0.29, 0.717) is 12.2 Å². The van der Waals surface area contributed by atoms with E-state index in [0.717, 1.165) is 11.3 Å². The minimum absolute atomic E-state index is 0.179. The summed E-state index contributed by atoms with van der Waals surface area (Å²) in [7, 11) is 0. The van der Waals surface area contributed by atoms with Crippen LogP contribution in [0.5, 0.6) is 0 Å². The topological polar surface area (TPSA) is 66.6 Å². The lowest BCUT2D eigenvalue weighted by Crippen LogP contribution is -2.36. The van der Waals surface area contributed by atoms with E-state index in [2.05, 4.69) is 15.8 Å². The molecule has 5 heteroatoms. The summed E-state index contributed by atoms with van der Waals surface area (Å²) in [4.78, 5) is 12.1. The molecule has 0 fully saturated rings. The van der Waals surface area contributed by atoms with Crippen molar-refractivity contribution >= 4 is 17.8 Å². The highest BCUT2D eigenvalue weighted by Crippen LogP contribution is 2.12. The Morgan fingerprint density at radius 2 is 2.24 bits per heavy atom. The van der Waals surface area contributed by atoms with Gasteiger partial charge in [-0.3, -0.25) is 4.79 Å². The van der Waals surface area contributed by atoms with Crippen molar-refractivity contribution in [2.24, 2.45) is 5.10 Å². The number of hydrogen-bond donors (Lipinski definition) is 2. The molecule has 1 unspecified atom stereocenters. The molecule has 1 atom stereocenters. The molecule has 1 aromatic carbocycles. The number of hydrazone groups is 1. The SMILES string of the molecule is CCC(Nc1cccc(C)c1)C(=O)NN=Cc1ccco1. The first kappa shape index (κ1) is 14.8. The van der Waals surface area contributed by atoms with E-state index in [1.54, 1.807) is 18.4 Å². The van der Waals surface area contributed by atoms with Crippen LogP contribution in [0.4, 0.5) is 5.69 Å². The van der Waals surface area contributed by atoms with Gasteiger partial charge in [0.15, 0.2) is 0 Å². The quantitative estimate of drug-likeness (QED) is 0.633. The number of rotatable bonds is 6. The molecule has 5 nitrogen and oxygen atoms in total. The summed E-state index contributed by atoms with van der Waals surface area (Å²) in [6.45, 7) is 3.96. The number of amides is 1.